The molecule has 3 rings (SSSR count). The number of methoxy groups -OCH3 is 2. The van der Waals surface area contributed by atoms with Gasteiger partial charge in [-0.05, 0) is 32.8 Å². The van der Waals surface area contributed by atoms with Crippen molar-refractivity contribution in [3.8, 4) is 11.5 Å². The normalized spacial score (nSPS) is 14.8. The fourth-order valence-electron chi connectivity index (χ4n) is 3.68. The number of nitrogens with zero attached hydrogens (tertiary/aromatic N) is 2. The lowest BCUT2D eigenvalue weighted by Crippen LogP contribution is -2.48. The Labute approximate surface area is 196 Å². The lowest BCUT2D eigenvalue weighted by Gasteiger charge is -2.34. The molecule has 1 aliphatic rings. The van der Waals surface area contributed by atoms with Gasteiger partial charge in [-0.15, -0.1) is 24.0 Å². The highest BCUT2D eigenvalue weighted by atomic mass is 127. The van der Waals surface area contributed by atoms with Gasteiger partial charge in [0.25, 0.3) is 0 Å². The topological polar surface area (TPSA) is 71.3 Å². The summed E-state index contributed by atoms with van der Waals surface area (Å²) in [7, 11) is 5.17. The second-order valence-electron chi connectivity index (χ2n) is 7.34. The number of rotatable bonds is 6. The molecule has 0 atom stereocenters. The van der Waals surface area contributed by atoms with Crippen molar-refractivity contribution in [2.24, 2.45) is 4.99 Å². The number of anilines is 1. The molecule has 0 unspecified atom stereocenters. The molecule has 0 bridgehead atoms. The highest BCUT2D eigenvalue weighted by molar-refractivity contribution is 14.0. The van der Waals surface area contributed by atoms with Crippen LogP contribution in [0.3, 0.4) is 0 Å². The minimum absolute atomic E-state index is 0. The van der Waals surface area contributed by atoms with Gasteiger partial charge >= 0.3 is 0 Å². The highest BCUT2D eigenvalue weighted by Crippen LogP contribution is 2.30. The van der Waals surface area contributed by atoms with E-state index in [-0.39, 0.29) is 24.0 Å². The molecule has 0 saturated carbocycles. The molecule has 2 N–H and O–H groups in total. The van der Waals surface area contributed by atoms with Crippen LogP contribution in [0.5, 0.6) is 11.5 Å². The molecule has 166 valence electrons. The third-order valence-electron chi connectivity index (χ3n) is 5.35. The predicted octanol–water partition coefficient (Wildman–Crippen LogP) is 3.87. The summed E-state index contributed by atoms with van der Waals surface area (Å²) in [5.74, 6) is 4.34. The third kappa shape index (κ3) is 6.20. The van der Waals surface area contributed by atoms with Gasteiger partial charge in [0.15, 0.2) is 5.96 Å². The van der Waals surface area contributed by atoms with Crippen molar-refractivity contribution in [2.45, 2.75) is 39.3 Å². The van der Waals surface area contributed by atoms with Crippen LogP contribution >= 0.6 is 24.0 Å². The fraction of sp³-hybridized carbons (Fsp3) is 0.500. The molecule has 30 heavy (non-hydrogen) atoms. The molecule has 1 aliphatic heterocycles. The summed E-state index contributed by atoms with van der Waals surface area (Å²) in [5.41, 5.74) is 2.29. The maximum atomic E-state index is 5.59. The Bertz CT molecular complexity index is 823. The van der Waals surface area contributed by atoms with Crippen molar-refractivity contribution < 1.29 is 13.9 Å². The van der Waals surface area contributed by atoms with E-state index in [4.69, 9.17) is 13.9 Å². The summed E-state index contributed by atoms with van der Waals surface area (Å²) in [6, 6.07) is 8.47. The summed E-state index contributed by atoms with van der Waals surface area (Å²) in [5, 5.41) is 6.94. The van der Waals surface area contributed by atoms with Gasteiger partial charge in [0, 0.05) is 62.2 Å². The molecule has 0 radical (unpaired) electrons. The van der Waals surface area contributed by atoms with E-state index in [2.05, 4.69) is 38.7 Å². The molecule has 0 spiro atoms. The Morgan fingerprint density at radius 2 is 1.73 bits per heavy atom. The number of halogens is 1. The average Bonchev–Trinajstić information content (AvgIpc) is 3.07. The fourth-order valence-corrected chi connectivity index (χ4v) is 3.68. The van der Waals surface area contributed by atoms with Crippen LogP contribution in [-0.4, -0.2) is 46.4 Å². The van der Waals surface area contributed by atoms with Gasteiger partial charge in [0.1, 0.15) is 23.0 Å². The van der Waals surface area contributed by atoms with Crippen LogP contribution in [0.15, 0.2) is 33.7 Å². The third-order valence-corrected chi connectivity index (χ3v) is 5.35. The van der Waals surface area contributed by atoms with E-state index in [1.807, 2.05) is 19.9 Å². The maximum absolute atomic E-state index is 5.59. The van der Waals surface area contributed by atoms with Gasteiger partial charge in [-0.3, -0.25) is 4.99 Å². The Balaban J connectivity index is 0.00000320. The number of guanidine groups is 1. The zero-order valence-corrected chi connectivity index (χ0v) is 20.8. The number of hydrogen-bond donors (Lipinski definition) is 2. The van der Waals surface area contributed by atoms with E-state index < -0.39 is 0 Å². The largest absolute Gasteiger partial charge is 0.497 e. The molecular formula is C22H33IN4O3. The number of hydrogen-bond acceptors (Lipinski definition) is 5. The SMILES string of the molecule is CN=C(NCc1cc(C)oc1C)NC1CCN(c2cc(OC)cc(OC)c2)CC1.I. The number of ether oxygens (including phenoxy) is 2. The van der Waals surface area contributed by atoms with Crippen LogP contribution in [0.4, 0.5) is 5.69 Å². The van der Waals surface area contributed by atoms with E-state index in [1.54, 1.807) is 21.3 Å². The van der Waals surface area contributed by atoms with Crippen LogP contribution in [0.25, 0.3) is 0 Å². The molecule has 2 aromatic rings. The van der Waals surface area contributed by atoms with Crippen molar-refractivity contribution in [1.29, 1.82) is 0 Å². The molecule has 0 amide bonds. The van der Waals surface area contributed by atoms with Crippen LogP contribution in [0.2, 0.25) is 0 Å². The average molecular weight is 528 g/mol. The Hall–Kier alpha value is -2.10. The Kier molecular flexibility index (Phi) is 9.13. The quantitative estimate of drug-likeness (QED) is 0.337. The van der Waals surface area contributed by atoms with Crippen molar-refractivity contribution >= 4 is 35.6 Å². The van der Waals surface area contributed by atoms with Crippen molar-refractivity contribution in [3.05, 3.63) is 41.3 Å². The molecule has 2 heterocycles. The second kappa shape index (κ2) is 11.3. The van der Waals surface area contributed by atoms with Gasteiger partial charge in [-0.2, -0.15) is 0 Å². The summed E-state index contributed by atoms with van der Waals surface area (Å²) >= 11 is 0. The van der Waals surface area contributed by atoms with E-state index >= 15 is 0 Å². The minimum Gasteiger partial charge on any atom is -0.497 e. The van der Waals surface area contributed by atoms with Gasteiger partial charge in [-0.25, -0.2) is 0 Å². The standard InChI is InChI=1S/C22H32N4O3.HI/c1-15-10-17(16(2)29-15)14-24-22(23-3)25-18-6-8-26(9-7-18)19-11-20(27-4)13-21(12-19)28-5;/h10-13,18H,6-9,14H2,1-5H3,(H2,23,24,25);1H. The Morgan fingerprint density at radius 3 is 2.23 bits per heavy atom. The first-order chi connectivity index (χ1) is 14.0. The van der Waals surface area contributed by atoms with Gasteiger partial charge < -0.3 is 29.4 Å². The first-order valence-electron chi connectivity index (χ1n) is 10.0. The smallest absolute Gasteiger partial charge is 0.191 e. The lowest BCUT2D eigenvalue weighted by molar-refractivity contribution is 0.393. The molecule has 8 heteroatoms. The first kappa shape index (κ1) is 24.2. The molecule has 1 aromatic heterocycles. The minimum atomic E-state index is 0. The number of piperidine rings is 1. The zero-order valence-electron chi connectivity index (χ0n) is 18.4. The summed E-state index contributed by atoms with van der Waals surface area (Å²) in [4.78, 5) is 6.75. The van der Waals surface area contributed by atoms with Gasteiger partial charge in [0.05, 0.1) is 14.2 Å². The Morgan fingerprint density at radius 1 is 1.10 bits per heavy atom. The summed E-state index contributed by atoms with van der Waals surface area (Å²) in [6.45, 7) is 6.58. The van der Waals surface area contributed by atoms with E-state index in [9.17, 15) is 0 Å². The number of aryl methyl sites for hydroxylation is 2. The first-order valence-corrected chi connectivity index (χ1v) is 10.0. The molecular weight excluding hydrogens is 495 g/mol. The van der Waals surface area contributed by atoms with Crippen LogP contribution in [-0.2, 0) is 6.54 Å². The summed E-state index contributed by atoms with van der Waals surface area (Å²) in [6.07, 6.45) is 2.06. The van der Waals surface area contributed by atoms with Crippen molar-refractivity contribution in [3.63, 3.8) is 0 Å². The summed E-state index contributed by atoms with van der Waals surface area (Å²) < 4.78 is 16.4. The second-order valence-corrected chi connectivity index (χ2v) is 7.34. The molecule has 1 saturated heterocycles. The van der Waals surface area contributed by atoms with Crippen molar-refractivity contribution in [1.82, 2.24) is 10.6 Å². The highest BCUT2D eigenvalue weighted by Gasteiger charge is 2.21. The van der Waals surface area contributed by atoms with Gasteiger partial charge in [-0.1, -0.05) is 0 Å². The predicted molar refractivity (Wildman–Crippen MR) is 132 cm³/mol. The number of nitrogens with one attached hydrogen (secondary N) is 2. The van der Waals surface area contributed by atoms with Crippen LogP contribution < -0.4 is 25.0 Å². The maximum Gasteiger partial charge on any atom is 0.191 e. The molecule has 1 aromatic carbocycles. The van der Waals surface area contributed by atoms with E-state index in [1.165, 1.54) is 0 Å². The van der Waals surface area contributed by atoms with Crippen molar-refractivity contribution in [2.75, 3.05) is 39.3 Å². The number of aliphatic imine (C=N–C) groups is 1. The number of benzene rings is 1. The van der Waals surface area contributed by atoms with Crippen LogP contribution in [0.1, 0.15) is 29.9 Å². The monoisotopic (exact) mass is 528 g/mol. The zero-order chi connectivity index (χ0) is 20.8. The molecule has 1 fully saturated rings. The number of furan rings is 1. The lowest BCUT2D eigenvalue weighted by atomic mass is 10.0. The molecule has 7 nitrogen and oxygen atoms in total. The van der Waals surface area contributed by atoms with E-state index in [0.29, 0.717) is 12.6 Å². The molecule has 0 aliphatic carbocycles. The van der Waals surface area contributed by atoms with Crippen LogP contribution in [0, 0.1) is 13.8 Å². The van der Waals surface area contributed by atoms with E-state index in [0.717, 1.165) is 66.2 Å². The van der Waals surface area contributed by atoms with Gasteiger partial charge in [0.2, 0.25) is 0 Å².